The largest absolute Gasteiger partial charge is 0.383 e. The number of aromatic amines is 1. The number of aromatic nitrogens is 4. The van der Waals surface area contributed by atoms with E-state index in [1.165, 1.54) is 12.8 Å². The summed E-state index contributed by atoms with van der Waals surface area (Å²) in [5.74, 6) is 1.48. The van der Waals surface area contributed by atoms with Crippen LogP contribution in [0.4, 0.5) is 0 Å². The van der Waals surface area contributed by atoms with E-state index >= 15 is 0 Å². The third kappa shape index (κ3) is 3.69. The molecule has 0 unspecified atom stereocenters. The van der Waals surface area contributed by atoms with Crippen molar-refractivity contribution >= 4 is 0 Å². The fourth-order valence-corrected chi connectivity index (χ4v) is 3.02. The Labute approximate surface area is 131 Å². The van der Waals surface area contributed by atoms with Crippen molar-refractivity contribution in [3.8, 4) is 11.5 Å². The molecule has 22 heavy (non-hydrogen) atoms. The molecule has 6 heteroatoms. The van der Waals surface area contributed by atoms with Gasteiger partial charge in [0.2, 0.25) is 0 Å². The SMILES string of the molecule is COCCN1CCC(Cc2nccnc2-c2ncc[nH]2)CC1. The minimum Gasteiger partial charge on any atom is -0.383 e. The van der Waals surface area contributed by atoms with E-state index in [1.54, 1.807) is 25.7 Å². The van der Waals surface area contributed by atoms with E-state index in [-0.39, 0.29) is 0 Å². The summed E-state index contributed by atoms with van der Waals surface area (Å²) >= 11 is 0. The van der Waals surface area contributed by atoms with Crippen molar-refractivity contribution in [2.75, 3.05) is 33.4 Å². The van der Waals surface area contributed by atoms with E-state index in [4.69, 9.17) is 4.74 Å². The first-order valence-corrected chi connectivity index (χ1v) is 7.87. The lowest BCUT2D eigenvalue weighted by Crippen LogP contribution is -2.36. The lowest BCUT2D eigenvalue weighted by atomic mass is 9.91. The summed E-state index contributed by atoms with van der Waals surface area (Å²) in [6.45, 7) is 4.14. The molecular weight excluding hydrogens is 278 g/mol. The number of methoxy groups -OCH3 is 1. The standard InChI is InChI=1S/C16H23N5O/c1-22-11-10-21-8-2-13(3-9-21)12-14-15(18-5-4-17-14)16-19-6-7-20-16/h4-7,13H,2-3,8-12H2,1H3,(H,19,20). The summed E-state index contributed by atoms with van der Waals surface area (Å²) in [5.41, 5.74) is 1.93. The van der Waals surface area contributed by atoms with Gasteiger partial charge in [-0.15, -0.1) is 0 Å². The van der Waals surface area contributed by atoms with Crippen LogP contribution in [0.1, 0.15) is 18.5 Å². The van der Waals surface area contributed by atoms with E-state index < -0.39 is 0 Å². The van der Waals surface area contributed by atoms with Gasteiger partial charge in [-0.3, -0.25) is 4.98 Å². The Morgan fingerprint density at radius 2 is 2.00 bits per heavy atom. The molecule has 1 N–H and O–H groups in total. The molecule has 2 aromatic heterocycles. The Hall–Kier alpha value is -1.79. The normalized spacial score (nSPS) is 17.0. The van der Waals surface area contributed by atoms with Gasteiger partial charge in [0.1, 0.15) is 5.69 Å². The Morgan fingerprint density at radius 3 is 2.73 bits per heavy atom. The molecular formula is C16H23N5O. The van der Waals surface area contributed by atoms with E-state index in [0.29, 0.717) is 5.92 Å². The molecule has 0 saturated carbocycles. The molecule has 6 nitrogen and oxygen atoms in total. The average Bonchev–Trinajstić information content (AvgIpc) is 3.09. The fraction of sp³-hybridized carbons (Fsp3) is 0.562. The van der Waals surface area contributed by atoms with Gasteiger partial charge < -0.3 is 14.6 Å². The molecule has 0 aromatic carbocycles. The van der Waals surface area contributed by atoms with E-state index in [2.05, 4.69) is 24.8 Å². The number of rotatable bonds is 6. The zero-order valence-corrected chi connectivity index (χ0v) is 13.0. The Kier molecular flexibility index (Phi) is 5.13. The molecule has 1 fully saturated rings. The Morgan fingerprint density at radius 1 is 1.18 bits per heavy atom. The smallest absolute Gasteiger partial charge is 0.157 e. The van der Waals surface area contributed by atoms with E-state index in [1.807, 2.05) is 6.20 Å². The second-order valence-corrected chi connectivity index (χ2v) is 5.77. The van der Waals surface area contributed by atoms with Crippen LogP contribution in [0.5, 0.6) is 0 Å². The number of nitrogens with one attached hydrogen (secondary N) is 1. The van der Waals surface area contributed by atoms with Gasteiger partial charge in [-0.1, -0.05) is 0 Å². The minimum absolute atomic E-state index is 0.671. The van der Waals surface area contributed by atoms with Crippen LogP contribution in [0.15, 0.2) is 24.8 Å². The van der Waals surface area contributed by atoms with Crippen LogP contribution in [0, 0.1) is 5.92 Å². The second kappa shape index (κ2) is 7.47. The van der Waals surface area contributed by atoms with E-state index in [0.717, 1.165) is 49.9 Å². The summed E-state index contributed by atoms with van der Waals surface area (Å²) < 4.78 is 5.15. The molecule has 0 atom stereocenters. The lowest BCUT2D eigenvalue weighted by Gasteiger charge is -2.31. The fourth-order valence-electron chi connectivity index (χ4n) is 3.02. The Balaban J connectivity index is 1.61. The number of imidazole rings is 1. The van der Waals surface area contributed by atoms with Crippen molar-refractivity contribution in [2.45, 2.75) is 19.3 Å². The molecule has 1 saturated heterocycles. The maximum absolute atomic E-state index is 5.15. The quantitative estimate of drug-likeness (QED) is 0.881. The number of piperidine rings is 1. The summed E-state index contributed by atoms with van der Waals surface area (Å²) in [7, 11) is 1.76. The van der Waals surface area contributed by atoms with Crippen molar-refractivity contribution in [1.82, 2.24) is 24.8 Å². The van der Waals surface area contributed by atoms with Crippen LogP contribution in [-0.4, -0.2) is 58.2 Å². The number of hydrogen-bond acceptors (Lipinski definition) is 5. The summed E-state index contributed by atoms with van der Waals surface area (Å²) in [6, 6.07) is 0. The molecule has 0 radical (unpaired) electrons. The van der Waals surface area contributed by atoms with Crippen LogP contribution in [0.2, 0.25) is 0 Å². The van der Waals surface area contributed by atoms with Crippen molar-refractivity contribution in [3.63, 3.8) is 0 Å². The molecule has 118 valence electrons. The third-order valence-corrected chi connectivity index (χ3v) is 4.30. The Bertz CT molecular complexity index is 564. The highest BCUT2D eigenvalue weighted by Gasteiger charge is 2.21. The minimum atomic E-state index is 0.671. The van der Waals surface area contributed by atoms with Crippen LogP contribution < -0.4 is 0 Å². The summed E-state index contributed by atoms with van der Waals surface area (Å²) in [6.07, 6.45) is 10.5. The van der Waals surface area contributed by atoms with E-state index in [9.17, 15) is 0 Å². The number of likely N-dealkylation sites (tertiary alicyclic amines) is 1. The zero-order chi connectivity index (χ0) is 15.2. The highest BCUT2D eigenvalue weighted by molar-refractivity contribution is 5.51. The van der Waals surface area contributed by atoms with Crippen LogP contribution >= 0.6 is 0 Å². The van der Waals surface area contributed by atoms with Crippen molar-refractivity contribution in [1.29, 1.82) is 0 Å². The molecule has 3 heterocycles. The maximum Gasteiger partial charge on any atom is 0.157 e. The zero-order valence-electron chi connectivity index (χ0n) is 13.0. The molecule has 3 rings (SSSR count). The van der Waals surface area contributed by atoms with Crippen molar-refractivity contribution in [3.05, 3.63) is 30.5 Å². The first-order chi connectivity index (χ1) is 10.9. The lowest BCUT2D eigenvalue weighted by molar-refractivity contribution is 0.120. The first-order valence-electron chi connectivity index (χ1n) is 7.87. The molecule has 0 aliphatic carbocycles. The molecule has 0 spiro atoms. The summed E-state index contributed by atoms with van der Waals surface area (Å²) in [5, 5.41) is 0. The number of hydrogen-bond donors (Lipinski definition) is 1. The number of nitrogens with zero attached hydrogens (tertiary/aromatic N) is 4. The first kappa shape index (κ1) is 15.1. The predicted molar refractivity (Wildman–Crippen MR) is 84.4 cm³/mol. The second-order valence-electron chi connectivity index (χ2n) is 5.77. The van der Waals surface area contributed by atoms with Gasteiger partial charge in [0, 0.05) is 38.4 Å². The van der Waals surface area contributed by atoms with Gasteiger partial charge in [-0.05, 0) is 38.3 Å². The molecule has 2 aromatic rings. The molecule has 1 aliphatic heterocycles. The third-order valence-electron chi connectivity index (χ3n) is 4.30. The highest BCUT2D eigenvalue weighted by atomic mass is 16.5. The highest BCUT2D eigenvalue weighted by Crippen LogP contribution is 2.24. The predicted octanol–water partition coefficient (Wildman–Crippen LogP) is 1.77. The maximum atomic E-state index is 5.15. The van der Waals surface area contributed by atoms with Gasteiger partial charge in [0.25, 0.3) is 0 Å². The number of ether oxygens (including phenoxy) is 1. The van der Waals surface area contributed by atoms with Gasteiger partial charge in [-0.25, -0.2) is 9.97 Å². The van der Waals surface area contributed by atoms with Gasteiger partial charge in [0.15, 0.2) is 5.82 Å². The van der Waals surface area contributed by atoms with Gasteiger partial charge in [0.05, 0.1) is 12.3 Å². The van der Waals surface area contributed by atoms with Crippen LogP contribution in [-0.2, 0) is 11.2 Å². The van der Waals surface area contributed by atoms with Crippen LogP contribution in [0.3, 0.4) is 0 Å². The molecule has 0 bridgehead atoms. The number of H-pyrrole nitrogens is 1. The topological polar surface area (TPSA) is 66.9 Å². The van der Waals surface area contributed by atoms with Crippen molar-refractivity contribution < 1.29 is 4.74 Å². The molecule has 1 aliphatic rings. The average molecular weight is 301 g/mol. The monoisotopic (exact) mass is 301 g/mol. The van der Waals surface area contributed by atoms with Crippen molar-refractivity contribution in [2.24, 2.45) is 5.92 Å². The molecule has 0 amide bonds. The van der Waals surface area contributed by atoms with Crippen LogP contribution in [0.25, 0.3) is 11.5 Å². The van der Waals surface area contributed by atoms with Gasteiger partial charge in [-0.2, -0.15) is 0 Å². The van der Waals surface area contributed by atoms with Gasteiger partial charge >= 0.3 is 0 Å². The summed E-state index contributed by atoms with van der Waals surface area (Å²) in [4.78, 5) is 18.9.